The molecule has 1 aliphatic heterocycles. The molecule has 3 nitrogen and oxygen atoms in total. The van der Waals surface area contributed by atoms with E-state index < -0.39 is 0 Å². The van der Waals surface area contributed by atoms with Gasteiger partial charge in [0.2, 0.25) is 0 Å². The number of benzene rings is 1. The number of pyridine rings is 1. The number of nitrogens with one attached hydrogen (secondary N) is 1. The van der Waals surface area contributed by atoms with E-state index in [2.05, 4.69) is 34.6 Å². The summed E-state index contributed by atoms with van der Waals surface area (Å²) in [5, 5.41) is 5.95. The molecule has 2 aromatic rings. The smallest absolute Gasteiger partial charge is 0.0576 e. The molecule has 1 N–H and O–H groups in total. The Morgan fingerprint density at radius 1 is 1.35 bits per heavy atom. The molecule has 3 rings (SSSR count). The fourth-order valence-electron chi connectivity index (χ4n) is 3.10. The van der Waals surface area contributed by atoms with Crippen molar-refractivity contribution in [3.63, 3.8) is 0 Å². The zero-order valence-corrected chi connectivity index (χ0v) is 12.0. The maximum absolute atomic E-state index is 5.73. The molecule has 1 saturated heterocycles. The Morgan fingerprint density at radius 3 is 3.05 bits per heavy atom. The van der Waals surface area contributed by atoms with Gasteiger partial charge in [-0.1, -0.05) is 24.3 Å². The van der Waals surface area contributed by atoms with E-state index in [4.69, 9.17) is 4.74 Å². The van der Waals surface area contributed by atoms with Gasteiger partial charge in [-0.2, -0.15) is 0 Å². The second kappa shape index (κ2) is 6.33. The normalized spacial score (nSPS) is 20.4. The molecule has 0 radical (unpaired) electrons. The second-order valence-electron chi connectivity index (χ2n) is 5.50. The van der Waals surface area contributed by atoms with Gasteiger partial charge in [-0.3, -0.25) is 4.98 Å². The highest BCUT2D eigenvalue weighted by Gasteiger charge is 2.19. The van der Waals surface area contributed by atoms with Crippen molar-refractivity contribution in [2.24, 2.45) is 0 Å². The largest absolute Gasteiger partial charge is 0.378 e. The molecule has 3 heteroatoms. The molecular weight excluding hydrogens is 248 g/mol. The van der Waals surface area contributed by atoms with Crippen molar-refractivity contribution in [2.75, 3.05) is 13.7 Å². The third kappa shape index (κ3) is 2.84. The Hall–Kier alpha value is -1.45. The lowest BCUT2D eigenvalue weighted by Gasteiger charge is -2.20. The monoisotopic (exact) mass is 270 g/mol. The summed E-state index contributed by atoms with van der Waals surface area (Å²) in [6.07, 6.45) is 9.03. The van der Waals surface area contributed by atoms with E-state index in [-0.39, 0.29) is 0 Å². The van der Waals surface area contributed by atoms with E-state index >= 15 is 0 Å². The summed E-state index contributed by atoms with van der Waals surface area (Å²) in [7, 11) is 2.03. The SMILES string of the molecule is CNC(CCC1CCCO1)c1cncc2ccccc12. The first kappa shape index (κ1) is 13.5. The summed E-state index contributed by atoms with van der Waals surface area (Å²) in [6.45, 7) is 0.935. The number of hydrogen-bond donors (Lipinski definition) is 1. The van der Waals surface area contributed by atoms with Crippen molar-refractivity contribution in [1.82, 2.24) is 10.3 Å². The number of ether oxygens (including phenoxy) is 1. The molecule has 20 heavy (non-hydrogen) atoms. The average molecular weight is 270 g/mol. The van der Waals surface area contributed by atoms with Gasteiger partial charge in [0.1, 0.15) is 0 Å². The molecule has 1 fully saturated rings. The van der Waals surface area contributed by atoms with E-state index in [1.165, 1.54) is 29.2 Å². The minimum atomic E-state index is 0.345. The van der Waals surface area contributed by atoms with Crippen molar-refractivity contribution < 1.29 is 4.74 Å². The molecule has 106 valence electrons. The predicted molar refractivity (Wildman–Crippen MR) is 81.8 cm³/mol. The Balaban J connectivity index is 1.79. The predicted octanol–water partition coefficient (Wildman–Crippen LogP) is 3.45. The number of rotatable bonds is 5. The molecule has 0 bridgehead atoms. The zero-order valence-electron chi connectivity index (χ0n) is 12.0. The van der Waals surface area contributed by atoms with E-state index in [0.29, 0.717) is 12.1 Å². The highest BCUT2D eigenvalue weighted by atomic mass is 16.5. The van der Waals surface area contributed by atoms with Crippen molar-refractivity contribution in [2.45, 2.75) is 37.8 Å². The average Bonchev–Trinajstić information content (AvgIpc) is 3.01. The number of nitrogens with zero attached hydrogens (tertiary/aromatic N) is 1. The van der Waals surface area contributed by atoms with Crippen LogP contribution in [0.2, 0.25) is 0 Å². The Kier molecular flexibility index (Phi) is 4.28. The van der Waals surface area contributed by atoms with Crippen LogP contribution in [0.4, 0.5) is 0 Å². The first-order valence-electron chi connectivity index (χ1n) is 7.50. The molecule has 2 atom stereocenters. The highest BCUT2D eigenvalue weighted by molar-refractivity contribution is 5.85. The van der Waals surface area contributed by atoms with Crippen LogP contribution in [0.1, 0.15) is 37.3 Å². The molecule has 0 aliphatic carbocycles. The third-order valence-electron chi connectivity index (χ3n) is 4.22. The van der Waals surface area contributed by atoms with Crippen molar-refractivity contribution in [1.29, 1.82) is 0 Å². The third-order valence-corrected chi connectivity index (χ3v) is 4.22. The van der Waals surface area contributed by atoms with Crippen LogP contribution in [0.3, 0.4) is 0 Å². The topological polar surface area (TPSA) is 34.1 Å². The quantitative estimate of drug-likeness (QED) is 0.903. The van der Waals surface area contributed by atoms with Gasteiger partial charge in [0, 0.05) is 30.4 Å². The van der Waals surface area contributed by atoms with Crippen LogP contribution in [-0.2, 0) is 4.74 Å². The summed E-state index contributed by atoms with van der Waals surface area (Å²) < 4.78 is 5.73. The van der Waals surface area contributed by atoms with Crippen LogP contribution in [-0.4, -0.2) is 24.7 Å². The standard InChI is InChI=1S/C17H22N2O/c1-18-17(9-8-14-6-4-10-20-14)16-12-19-11-13-5-2-3-7-15(13)16/h2-3,5,7,11-12,14,17-18H,4,6,8-10H2,1H3. The minimum Gasteiger partial charge on any atom is -0.378 e. The number of aromatic nitrogens is 1. The Labute approximate surface area is 120 Å². The lowest BCUT2D eigenvalue weighted by molar-refractivity contribution is 0.0999. The van der Waals surface area contributed by atoms with Gasteiger partial charge in [0.05, 0.1) is 6.10 Å². The number of hydrogen-bond acceptors (Lipinski definition) is 3. The van der Waals surface area contributed by atoms with Crippen molar-refractivity contribution in [3.8, 4) is 0 Å². The number of fused-ring (bicyclic) bond motifs is 1. The first-order chi connectivity index (χ1) is 9.88. The lowest BCUT2D eigenvalue weighted by Crippen LogP contribution is -2.19. The van der Waals surface area contributed by atoms with Gasteiger partial charge in [-0.25, -0.2) is 0 Å². The van der Waals surface area contributed by atoms with Gasteiger partial charge < -0.3 is 10.1 Å². The maximum atomic E-state index is 5.73. The van der Waals surface area contributed by atoms with Gasteiger partial charge >= 0.3 is 0 Å². The summed E-state index contributed by atoms with van der Waals surface area (Å²) in [5.41, 5.74) is 1.29. The minimum absolute atomic E-state index is 0.345. The molecule has 2 heterocycles. The zero-order chi connectivity index (χ0) is 13.8. The molecule has 0 amide bonds. The van der Waals surface area contributed by atoms with E-state index in [9.17, 15) is 0 Å². The molecule has 1 aliphatic rings. The van der Waals surface area contributed by atoms with Gasteiger partial charge in [-0.15, -0.1) is 0 Å². The van der Waals surface area contributed by atoms with Crippen LogP contribution in [0.25, 0.3) is 10.8 Å². The van der Waals surface area contributed by atoms with Crippen molar-refractivity contribution in [3.05, 3.63) is 42.2 Å². The van der Waals surface area contributed by atoms with E-state index in [0.717, 1.165) is 19.4 Å². The molecule has 1 aromatic heterocycles. The van der Waals surface area contributed by atoms with Gasteiger partial charge in [-0.05, 0) is 43.7 Å². The fourth-order valence-corrected chi connectivity index (χ4v) is 3.10. The van der Waals surface area contributed by atoms with Crippen LogP contribution >= 0.6 is 0 Å². The highest BCUT2D eigenvalue weighted by Crippen LogP contribution is 2.28. The maximum Gasteiger partial charge on any atom is 0.0576 e. The molecular formula is C17H22N2O. The van der Waals surface area contributed by atoms with Crippen LogP contribution in [0.15, 0.2) is 36.7 Å². The molecule has 0 saturated carbocycles. The van der Waals surface area contributed by atoms with E-state index in [1.807, 2.05) is 19.4 Å². The first-order valence-corrected chi connectivity index (χ1v) is 7.50. The molecule has 1 aromatic carbocycles. The summed E-state index contributed by atoms with van der Waals surface area (Å²) in [5.74, 6) is 0. The van der Waals surface area contributed by atoms with Gasteiger partial charge in [0.15, 0.2) is 0 Å². The molecule has 0 spiro atoms. The van der Waals surface area contributed by atoms with Crippen LogP contribution in [0.5, 0.6) is 0 Å². The summed E-state index contributed by atoms with van der Waals surface area (Å²) in [4.78, 5) is 4.39. The van der Waals surface area contributed by atoms with Crippen molar-refractivity contribution >= 4 is 10.8 Å². The fraction of sp³-hybridized carbons (Fsp3) is 0.471. The van der Waals surface area contributed by atoms with Gasteiger partial charge in [0.25, 0.3) is 0 Å². The summed E-state index contributed by atoms with van der Waals surface area (Å²) >= 11 is 0. The molecule has 2 unspecified atom stereocenters. The lowest BCUT2D eigenvalue weighted by atomic mass is 9.96. The Morgan fingerprint density at radius 2 is 2.25 bits per heavy atom. The second-order valence-corrected chi connectivity index (χ2v) is 5.50. The van der Waals surface area contributed by atoms with E-state index in [1.54, 1.807) is 0 Å². The summed E-state index contributed by atoms with van der Waals surface area (Å²) in [6, 6.07) is 8.81. The van der Waals surface area contributed by atoms with Crippen LogP contribution in [0, 0.1) is 0 Å². The van der Waals surface area contributed by atoms with Crippen LogP contribution < -0.4 is 5.32 Å². The Bertz CT molecular complexity index is 558.